The van der Waals surface area contributed by atoms with Crippen molar-refractivity contribution in [2.45, 2.75) is 0 Å². The first-order valence-electron chi connectivity index (χ1n) is 15.7. The highest BCUT2D eigenvalue weighted by molar-refractivity contribution is 6.36. The molecule has 0 bridgehead atoms. The minimum absolute atomic E-state index is 0.842. The molecule has 0 unspecified atom stereocenters. The second-order valence-electron chi connectivity index (χ2n) is 12.2. The molecule has 0 aliphatic rings. The monoisotopic (exact) mass is 584 g/mol. The van der Waals surface area contributed by atoms with E-state index in [0.717, 1.165) is 33.4 Å². The molecule has 4 nitrogen and oxygen atoms in total. The number of hydrogen-bond acceptors (Lipinski definition) is 2. The number of hydrogen-bond donors (Lipinski definition) is 0. The topological polar surface area (TPSA) is 35.1 Å². The highest BCUT2D eigenvalue weighted by atomic mass is 15.2. The van der Waals surface area contributed by atoms with Crippen molar-refractivity contribution < 1.29 is 0 Å². The number of nitrogens with zero attached hydrogens (tertiary/aromatic N) is 4. The first kappa shape index (κ1) is 24.1. The number of rotatable bonds is 2. The minimum Gasteiger partial charge on any atom is -0.307 e. The second-order valence-corrected chi connectivity index (χ2v) is 12.2. The van der Waals surface area contributed by atoms with Crippen LogP contribution in [0.2, 0.25) is 0 Å². The summed E-state index contributed by atoms with van der Waals surface area (Å²) in [4.78, 5) is 0. The Kier molecular flexibility index (Phi) is 4.55. The van der Waals surface area contributed by atoms with Gasteiger partial charge in [-0.15, -0.1) is 10.2 Å². The highest BCUT2D eigenvalue weighted by Gasteiger charge is 2.26. The van der Waals surface area contributed by atoms with Crippen LogP contribution < -0.4 is 0 Å². The summed E-state index contributed by atoms with van der Waals surface area (Å²) in [6.45, 7) is 0. The molecule has 0 N–H and O–H groups in total. The Balaban J connectivity index is 1.40. The van der Waals surface area contributed by atoms with Gasteiger partial charge in [0.15, 0.2) is 5.82 Å². The maximum atomic E-state index is 5.05. The van der Waals surface area contributed by atoms with E-state index in [9.17, 15) is 0 Å². The van der Waals surface area contributed by atoms with E-state index < -0.39 is 0 Å². The molecule has 7 aromatic carbocycles. The lowest BCUT2D eigenvalue weighted by atomic mass is 10.0. The number of aromatic nitrogens is 4. The Morgan fingerprint density at radius 2 is 1.02 bits per heavy atom. The molecule has 212 valence electrons. The summed E-state index contributed by atoms with van der Waals surface area (Å²) in [5, 5.41) is 22.1. The van der Waals surface area contributed by atoms with Crippen LogP contribution in [-0.4, -0.2) is 19.2 Å². The van der Waals surface area contributed by atoms with Crippen LogP contribution in [0, 0.1) is 0 Å². The van der Waals surface area contributed by atoms with E-state index in [2.05, 4.69) is 148 Å². The van der Waals surface area contributed by atoms with E-state index in [1.807, 2.05) is 6.07 Å². The molecule has 4 aromatic heterocycles. The van der Waals surface area contributed by atoms with Gasteiger partial charge >= 0.3 is 0 Å². The third-order valence-corrected chi connectivity index (χ3v) is 9.91. The smallest absolute Gasteiger partial charge is 0.168 e. The summed E-state index contributed by atoms with van der Waals surface area (Å²) in [5.74, 6) is 0.842. The van der Waals surface area contributed by atoms with Gasteiger partial charge in [-0.1, -0.05) is 127 Å². The van der Waals surface area contributed by atoms with E-state index in [1.165, 1.54) is 65.2 Å². The summed E-state index contributed by atoms with van der Waals surface area (Å²) < 4.78 is 4.87. The molecule has 0 amide bonds. The van der Waals surface area contributed by atoms with Gasteiger partial charge in [-0.2, -0.15) is 0 Å². The maximum Gasteiger partial charge on any atom is 0.168 e. The normalized spacial score (nSPS) is 12.3. The van der Waals surface area contributed by atoms with Crippen LogP contribution in [0.1, 0.15) is 0 Å². The van der Waals surface area contributed by atoms with Crippen molar-refractivity contribution in [1.82, 2.24) is 19.2 Å². The van der Waals surface area contributed by atoms with E-state index in [1.54, 1.807) is 0 Å². The summed E-state index contributed by atoms with van der Waals surface area (Å²) in [6, 6.07) is 52.2. The molecule has 0 atom stereocenters. The molecule has 0 aliphatic carbocycles. The Bertz CT molecular complexity index is 3020. The van der Waals surface area contributed by atoms with Crippen molar-refractivity contribution in [1.29, 1.82) is 0 Å². The summed E-state index contributed by atoms with van der Waals surface area (Å²) in [5.41, 5.74) is 7.98. The quantitative estimate of drug-likeness (QED) is 0.203. The zero-order valence-corrected chi connectivity index (χ0v) is 24.6. The van der Waals surface area contributed by atoms with Crippen molar-refractivity contribution in [2.24, 2.45) is 0 Å². The molecule has 0 saturated carbocycles. The lowest BCUT2D eigenvalue weighted by Crippen LogP contribution is -2.02. The molecule has 11 rings (SSSR count). The van der Waals surface area contributed by atoms with E-state index in [0.29, 0.717) is 0 Å². The molecule has 11 aromatic rings. The van der Waals surface area contributed by atoms with Crippen LogP contribution >= 0.6 is 0 Å². The lowest BCUT2D eigenvalue weighted by Gasteiger charge is -2.13. The van der Waals surface area contributed by atoms with Gasteiger partial charge in [0.1, 0.15) is 5.69 Å². The lowest BCUT2D eigenvalue weighted by molar-refractivity contribution is 0.978. The Morgan fingerprint density at radius 3 is 1.85 bits per heavy atom. The van der Waals surface area contributed by atoms with Gasteiger partial charge in [-0.05, 0) is 23.6 Å². The molecule has 46 heavy (non-hydrogen) atoms. The predicted octanol–water partition coefficient (Wildman–Crippen LogP) is 10.7. The van der Waals surface area contributed by atoms with Crippen LogP contribution in [-0.2, 0) is 0 Å². The third-order valence-electron chi connectivity index (χ3n) is 9.91. The highest BCUT2D eigenvalue weighted by Crippen LogP contribution is 2.48. The predicted molar refractivity (Wildman–Crippen MR) is 191 cm³/mol. The van der Waals surface area contributed by atoms with Crippen LogP contribution in [0.25, 0.3) is 98.5 Å². The molecule has 0 spiro atoms. The van der Waals surface area contributed by atoms with Crippen molar-refractivity contribution in [3.63, 3.8) is 0 Å². The van der Waals surface area contributed by atoms with E-state index in [-0.39, 0.29) is 0 Å². The first-order chi connectivity index (χ1) is 22.9. The average molecular weight is 585 g/mol. The van der Waals surface area contributed by atoms with Gasteiger partial charge in [-0.25, -0.2) is 0 Å². The van der Waals surface area contributed by atoms with Gasteiger partial charge in [0.25, 0.3) is 0 Å². The number of fused-ring (bicyclic) bond motifs is 13. The van der Waals surface area contributed by atoms with Gasteiger partial charge in [0, 0.05) is 54.0 Å². The standard InChI is InChI=1S/C42H24N4/c1-2-13-26(14-3-1)38-30-18-6-7-19-31(30)42(44-43-38)46-36-21-11-9-17-29(36)34-24-33-28-16-8-10-20-35(28)45-39-27-15-5-4-12-25(27)22-23-32(39)37(40(33)45)41(34)46/h1-24H. The third kappa shape index (κ3) is 2.94. The van der Waals surface area contributed by atoms with Crippen molar-refractivity contribution in [3.05, 3.63) is 146 Å². The van der Waals surface area contributed by atoms with Crippen molar-refractivity contribution in [3.8, 4) is 17.1 Å². The number of para-hydroxylation sites is 2. The largest absolute Gasteiger partial charge is 0.307 e. The fourth-order valence-electron chi connectivity index (χ4n) is 8.04. The second kappa shape index (κ2) is 8.68. The summed E-state index contributed by atoms with van der Waals surface area (Å²) in [6.07, 6.45) is 0. The minimum atomic E-state index is 0.842. The van der Waals surface area contributed by atoms with Crippen LogP contribution in [0.3, 0.4) is 0 Å². The van der Waals surface area contributed by atoms with Crippen LogP contribution in [0.15, 0.2) is 146 Å². The molecule has 0 aliphatic heterocycles. The van der Waals surface area contributed by atoms with Crippen LogP contribution in [0.5, 0.6) is 0 Å². The van der Waals surface area contributed by atoms with E-state index in [4.69, 9.17) is 10.2 Å². The molecule has 0 radical (unpaired) electrons. The Hall–Kier alpha value is -6.26. The fraction of sp³-hybridized carbons (Fsp3) is 0. The molecule has 0 fully saturated rings. The Morgan fingerprint density at radius 1 is 0.391 bits per heavy atom. The maximum absolute atomic E-state index is 5.05. The molecular weight excluding hydrogens is 560 g/mol. The van der Waals surface area contributed by atoms with E-state index >= 15 is 0 Å². The molecule has 0 saturated heterocycles. The molecule has 4 heteroatoms. The Labute approximate surface area is 262 Å². The van der Waals surface area contributed by atoms with Gasteiger partial charge in [0.05, 0.1) is 27.6 Å². The van der Waals surface area contributed by atoms with Crippen LogP contribution in [0.4, 0.5) is 0 Å². The SMILES string of the molecule is c1ccc(-c2nnc(-n3c4ccccc4c4cc5c6ccccc6n6c7c8ccccc8ccc7c(c43)c56)c3ccccc23)cc1. The summed E-state index contributed by atoms with van der Waals surface area (Å²) in [7, 11) is 0. The van der Waals surface area contributed by atoms with Gasteiger partial charge in [-0.3, -0.25) is 4.57 Å². The zero-order chi connectivity index (χ0) is 29.9. The fourth-order valence-corrected chi connectivity index (χ4v) is 8.04. The van der Waals surface area contributed by atoms with Crippen molar-refractivity contribution >= 4 is 81.4 Å². The molecular formula is C42H24N4. The van der Waals surface area contributed by atoms with Crippen molar-refractivity contribution in [2.75, 3.05) is 0 Å². The van der Waals surface area contributed by atoms with Gasteiger partial charge in [0.2, 0.25) is 0 Å². The zero-order valence-electron chi connectivity index (χ0n) is 24.6. The number of benzene rings is 7. The van der Waals surface area contributed by atoms with Gasteiger partial charge < -0.3 is 4.40 Å². The summed E-state index contributed by atoms with van der Waals surface area (Å²) >= 11 is 0. The first-order valence-corrected chi connectivity index (χ1v) is 15.7. The average Bonchev–Trinajstić information content (AvgIpc) is 3.76. The molecule has 4 heterocycles.